The summed E-state index contributed by atoms with van der Waals surface area (Å²) >= 11 is 3.21. The maximum Gasteiger partial charge on any atom is 0.193 e. The molecule has 0 radical (unpaired) electrons. The van der Waals surface area contributed by atoms with Crippen molar-refractivity contribution in [2.75, 3.05) is 6.67 Å². The van der Waals surface area contributed by atoms with Crippen molar-refractivity contribution in [1.29, 1.82) is 0 Å². The molecule has 0 bridgehead atoms. The van der Waals surface area contributed by atoms with E-state index in [9.17, 15) is 9.18 Å². The van der Waals surface area contributed by atoms with Crippen molar-refractivity contribution in [2.45, 2.75) is 0 Å². The standard InChI is InChI=1S/C8H6BrFO/c9-7-3-1-6(2-4-7)8(11)5-10/h1-4H,5H2. The first-order valence-corrected chi connectivity index (χ1v) is 3.88. The second-order valence-corrected chi connectivity index (χ2v) is 2.98. The van der Waals surface area contributed by atoms with E-state index in [4.69, 9.17) is 0 Å². The molecule has 1 rings (SSSR count). The molecule has 0 amide bonds. The molecule has 0 aliphatic rings. The molecule has 0 saturated carbocycles. The molecule has 0 aromatic heterocycles. The van der Waals surface area contributed by atoms with E-state index < -0.39 is 12.5 Å². The summed E-state index contributed by atoms with van der Waals surface area (Å²) in [5.41, 5.74) is 0.413. The maximum atomic E-state index is 11.8. The van der Waals surface area contributed by atoms with E-state index in [0.29, 0.717) is 5.56 Å². The van der Waals surface area contributed by atoms with E-state index in [1.54, 1.807) is 24.3 Å². The second kappa shape index (κ2) is 3.62. The van der Waals surface area contributed by atoms with Crippen LogP contribution in [0.15, 0.2) is 28.7 Å². The summed E-state index contributed by atoms with van der Waals surface area (Å²) in [6.45, 7) is -0.929. The molecule has 0 aliphatic heterocycles. The predicted octanol–water partition coefficient (Wildman–Crippen LogP) is 2.60. The first kappa shape index (κ1) is 8.40. The molecule has 0 unspecified atom stereocenters. The SMILES string of the molecule is O=C(CF)c1ccc(Br)cc1. The monoisotopic (exact) mass is 216 g/mol. The van der Waals surface area contributed by atoms with Gasteiger partial charge in [0.25, 0.3) is 0 Å². The van der Waals surface area contributed by atoms with Gasteiger partial charge in [-0.3, -0.25) is 4.79 Å². The number of alkyl halides is 1. The molecule has 0 spiro atoms. The predicted molar refractivity (Wildman–Crippen MR) is 44.4 cm³/mol. The van der Waals surface area contributed by atoms with Gasteiger partial charge in [-0.2, -0.15) is 0 Å². The largest absolute Gasteiger partial charge is 0.291 e. The van der Waals surface area contributed by atoms with Gasteiger partial charge in [-0.15, -0.1) is 0 Å². The Morgan fingerprint density at radius 1 is 1.36 bits per heavy atom. The minimum absolute atomic E-state index is 0.413. The van der Waals surface area contributed by atoms with Crippen LogP contribution >= 0.6 is 15.9 Å². The number of ketones is 1. The van der Waals surface area contributed by atoms with Gasteiger partial charge >= 0.3 is 0 Å². The summed E-state index contributed by atoms with van der Waals surface area (Å²) in [7, 11) is 0. The molecule has 0 heterocycles. The van der Waals surface area contributed by atoms with Crippen LogP contribution in [-0.2, 0) is 0 Å². The third-order valence-electron chi connectivity index (χ3n) is 1.29. The first-order chi connectivity index (χ1) is 5.24. The first-order valence-electron chi connectivity index (χ1n) is 3.09. The average molecular weight is 217 g/mol. The quantitative estimate of drug-likeness (QED) is 0.695. The normalized spacial score (nSPS) is 9.64. The van der Waals surface area contributed by atoms with Gasteiger partial charge in [0.1, 0.15) is 0 Å². The summed E-state index contributed by atoms with van der Waals surface area (Å²) in [4.78, 5) is 10.7. The Morgan fingerprint density at radius 3 is 2.36 bits per heavy atom. The molecule has 0 saturated heterocycles. The summed E-state index contributed by atoms with van der Waals surface area (Å²) in [6, 6.07) is 6.60. The van der Waals surface area contributed by atoms with Crippen molar-refractivity contribution >= 4 is 21.7 Å². The van der Waals surface area contributed by atoms with E-state index in [1.807, 2.05) is 0 Å². The lowest BCUT2D eigenvalue weighted by atomic mass is 10.1. The molecular weight excluding hydrogens is 211 g/mol. The number of halogens is 2. The molecular formula is C8H6BrFO. The summed E-state index contributed by atoms with van der Waals surface area (Å²) in [5, 5.41) is 0. The molecule has 3 heteroatoms. The second-order valence-electron chi connectivity index (χ2n) is 2.06. The highest BCUT2D eigenvalue weighted by Gasteiger charge is 2.02. The number of carbonyl (C=O) groups is 1. The van der Waals surface area contributed by atoms with Crippen molar-refractivity contribution in [3.05, 3.63) is 34.3 Å². The molecule has 0 fully saturated rings. The zero-order chi connectivity index (χ0) is 8.27. The molecule has 1 nitrogen and oxygen atoms in total. The number of carbonyl (C=O) groups excluding carboxylic acids is 1. The Morgan fingerprint density at radius 2 is 1.91 bits per heavy atom. The van der Waals surface area contributed by atoms with Gasteiger partial charge in [-0.05, 0) is 12.1 Å². The highest BCUT2D eigenvalue weighted by molar-refractivity contribution is 9.10. The Labute approximate surface area is 72.4 Å². The number of Topliss-reactive ketones (excluding diaryl/α,β-unsaturated/α-hetero) is 1. The van der Waals surface area contributed by atoms with Crippen LogP contribution in [-0.4, -0.2) is 12.5 Å². The van der Waals surface area contributed by atoms with Gasteiger partial charge in [0.05, 0.1) is 0 Å². The van der Waals surface area contributed by atoms with E-state index >= 15 is 0 Å². The number of hydrogen-bond acceptors (Lipinski definition) is 1. The van der Waals surface area contributed by atoms with Crippen molar-refractivity contribution in [1.82, 2.24) is 0 Å². The van der Waals surface area contributed by atoms with Gasteiger partial charge < -0.3 is 0 Å². The van der Waals surface area contributed by atoms with Crippen LogP contribution in [0.4, 0.5) is 4.39 Å². The molecule has 11 heavy (non-hydrogen) atoms. The molecule has 0 aliphatic carbocycles. The van der Waals surface area contributed by atoms with Crippen LogP contribution in [0, 0.1) is 0 Å². The lowest BCUT2D eigenvalue weighted by Gasteiger charge is -1.94. The van der Waals surface area contributed by atoms with Gasteiger partial charge in [0, 0.05) is 10.0 Å². The van der Waals surface area contributed by atoms with E-state index in [0.717, 1.165) is 4.47 Å². The minimum Gasteiger partial charge on any atom is -0.291 e. The maximum absolute atomic E-state index is 11.8. The molecule has 0 atom stereocenters. The Bertz CT molecular complexity index is 255. The van der Waals surface area contributed by atoms with Crippen molar-refractivity contribution in [3.63, 3.8) is 0 Å². The van der Waals surface area contributed by atoms with Crippen LogP contribution < -0.4 is 0 Å². The number of rotatable bonds is 2. The van der Waals surface area contributed by atoms with Crippen LogP contribution in [0.25, 0.3) is 0 Å². The van der Waals surface area contributed by atoms with Crippen molar-refractivity contribution < 1.29 is 9.18 Å². The van der Waals surface area contributed by atoms with E-state index in [2.05, 4.69) is 15.9 Å². The Hall–Kier alpha value is -0.700. The molecule has 0 N–H and O–H groups in total. The zero-order valence-electron chi connectivity index (χ0n) is 5.68. The molecule has 1 aromatic rings. The van der Waals surface area contributed by atoms with Gasteiger partial charge in [0.15, 0.2) is 12.5 Å². The number of hydrogen-bond donors (Lipinski definition) is 0. The van der Waals surface area contributed by atoms with Crippen LogP contribution in [0.3, 0.4) is 0 Å². The highest BCUT2D eigenvalue weighted by atomic mass is 79.9. The smallest absolute Gasteiger partial charge is 0.193 e. The third-order valence-corrected chi connectivity index (χ3v) is 1.82. The van der Waals surface area contributed by atoms with E-state index in [1.165, 1.54) is 0 Å². The molecule has 58 valence electrons. The van der Waals surface area contributed by atoms with Gasteiger partial charge in [0.2, 0.25) is 0 Å². The fourth-order valence-electron chi connectivity index (χ4n) is 0.713. The van der Waals surface area contributed by atoms with Crippen LogP contribution in [0.5, 0.6) is 0 Å². The lowest BCUT2D eigenvalue weighted by molar-refractivity contribution is 0.0958. The average Bonchev–Trinajstić information content (AvgIpc) is 2.05. The number of benzene rings is 1. The zero-order valence-corrected chi connectivity index (χ0v) is 7.27. The topological polar surface area (TPSA) is 17.1 Å². The lowest BCUT2D eigenvalue weighted by Crippen LogP contribution is -1.99. The molecule has 1 aromatic carbocycles. The van der Waals surface area contributed by atoms with Gasteiger partial charge in [-0.1, -0.05) is 28.1 Å². The van der Waals surface area contributed by atoms with Gasteiger partial charge in [-0.25, -0.2) is 4.39 Å². The van der Waals surface area contributed by atoms with E-state index in [-0.39, 0.29) is 0 Å². The van der Waals surface area contributed by atoms with Crippen LogP contribution in [0.2, 0.25) is 0 Å². The Kier molecular flexibility index (Phi) is 2.76. The summed E-state index contributed by atoms with van der Waals surface area (Å²) in [6.07, 6.45) is 0. The third kappa shape index (κ3) is 2.12. The van der Waals surface area contributed by atoms with Crippen LogP contribution in [0.1, 0.15) is 10.4 Å². The summed E-state index contributed by atoms with van der Waals surface area (Å²) < 4.78 is 12.7. The van der Waals surface area contributed by atoms with Crippen molar-refractivity contribution in [3.8, 4) is 0 Å². The minimum atomic E-state index is -0.929. The fourth-order valence-corrected chi connectivity index (χ4v) is 0.977. The fraction of sp³-hybridized carbons (Fsp3) is 0.125. The highest BCUT2D eigenvalue weighted by Crippen LogP contribution is 2.10. The summed E-state index contributed by atoms with van der Waals surface area (Å²) in [5.74, 6) is -0.475. The Balaban J connectivity index is 2.90. The van der Waals surface area contributed by atoms with Crippen molar-refractivity contribution in [2.24, 2.45) is 0 Å².